The van der Waals surface area contributed by atoms with Crippen molar-refractivity contribution in [1.29, 1.82) is 0 Å². The molecule has 0 bridgehead atoms. The molecule has 3 heteroatoms. The third-order valence-electron chi connectivity index (χ3n) is 2.55. The van der Waals surface area contributed by atoms with Crippen LogP contribution in [-0.2, 0) is 4.74 Å². The number of aliphatic hydroxyl groups excluding tert-OH is 2. The van der Waals surface area contributed by atoms with Gasteiger partial charge in [0.1, 0.15) is 5.60 Å². The van der Waals surface area contributed by atoms with Crippen molar-refractivity contribution in [3.05, 3.63) is 0 Å². The standard InChI is InChI=1S/C9H18O3/c1-8(2)5-4-7(11)9(3,6-10)12-8/h7,10-11H,4-6H2,1-3H3/t7-,9+/m1/s1. The van der Waals surface area contributed by atoms with Crippen molar-refractivity contribution in [2.75, 3.05) is 6.61 Å². The molecule has 72 valence electrons. The Morgan fingerprint density at radius 2 is 2.00 bits per heavy atom. The Morgan fingerprint density at radius 3 is 2.42 bits per heavy atom. The van der Waals surface area contributed by atoms with E-state index in [1.54, 1.807) is 6.92 Å². The molecule has 2 N–H and O–H groups in total. The number of ether oxygens (including phenoxy) is 1. The lowest BCUT2D eigenvalue weighted by Gasteiger charge is -2.45. The van der Waals surface area contributed by atoms with Crippen LogP contribution in [0.5, 0.6) is 0 Å². The van der Waals surface area contributed by atoms with Gasteiger partial charge in [-0.05, 0) is 33.6 Å². The summed E-state index contributed by atoms with van der Waals surface area (Å²) in [5, 5.41) is 18.6. The minimum absolute atomic E-state index is 0.127. The Morgan fingerprint density at radius 1 is 1.42 bits per heavy atom. The molecule has 0 aliphatic carbocycles. The second kappa shape index (κ2) is 2.98. The normalized spacial score (nSPS) is 41.2. The van der Waals surface area contributed by atoms with E-state index in [1.807, 2.05) is 13.8 Å². The van der Waals surface area contributed by atoms with Crippen LogP contribution >= 0.6 is 0 Å². The lowest BCUT2D eigenvalue weighted by atomic mass is 9.86. The lowest BCUT2D eigenvalue weighted by molar-refractivity contribution is -0.229. The molecular formula is C9H18O3. The molecule has 1 rings (SSSR count). The molecule has 12 heavy (non-hydrogen) atoms. The number of hydrogen-bond acceptors (Lipinski definition) is 3. The summed E-state index contributed by atoms with van der Waals surface area (Å²) in [5.74, 6) is 0. The average Bonchev–Trinajstić information content (AvgIpc) is 1.97. The molecule has 2 atom stereocenters. The van der Waals surface area contributed by atoms with Gasteiger partial charge in [-0.1, -0.05) is 0 Å². The maximum absolute atomic E-state index is 9.58. The van der Waals surface area contributed by atoms with E-state index in [9.17, 15) is 5.11 Å². The molecule has 1 saturated heterocycles. The molecule has 0 spiro atoms. The van der Waals surface area contributed by atoms with Crippen molar-refractivity contribution < 1.29 is 14.9 Å². The fourth-order valence-corrected chi connectivity index (χ4v) is 1.68. The Hall–Kier alpha value is -0.120. The smallest absolute Gasteiger partial charge is 0.115 e. The van der Waals surface area contributed by atoms with Gasteiger partial charge in [-0.2, -0.15) is 0 Å². The molecule has 1 aliphatic rings. The van der Waals surface area contributed by atoms with Crippen molar-refractivity contribution in [3.63, 3.8) is 0 Å². The van der Waals surface area contributed by atoms with E-state index in [1.165, 1.54) is 0 Å². The van der Waals surface area contributed by atoms with Gasteiger partial charge in [0.2, 0.25) is 0 Å². The van der Waals surface area contributed by atoms with Gasteiger partial charge < -0.3 is 14.9 Å². The fourth-order valence-electron chi connectivity index (χ4n) is 1.68. The predicted octanol–water partition coefficient (Wildman–Crippen LogP) is 0.687. The Labute approximate surface area is 73.4 Å². The van der Waals surface area contributed by atoms with Gasteiger partial charge in [0.15, 0.2) is 0 Å². The Bertz CT molecular complexity index is 167. The molecule has 3 nitrogen and oxygen atoms in total. The van der Waals surface area contributed by atoms with Crippen molar-refractivity contribution in [2.24, 2.45) is 0 Å². The Kier molecular flexibility index (Phi) is 2.47. The van der Waals surface area contributed by atoms with E-state index in [0.29, 0.717) is 6.42 Å². The molecule has 0 radical (unpaired) electrons. The summed E-state index contributed by atoms with van der Waals surface area (Å²) in [4.78, 5) is 0. The van der Waals surface area contributed by atoms with E-state index in [-0.39, 0.29) is 12.2 Å². The highest BCUT2D eigenvalue weighted by molar-refractivity contribution is 4.92. The largest absolute Gasteiger partial charge is 0.393 e. The first-order valence-corrected chi connectivity index (χ1v) is 4.39. The van der Waals surface area contributed by atoms with Crippen LogP contribution in [0.2, 0.25) is 0 Å². The summed E-state index contributed by atoms with van der Waals surface area (Å²) in [7, 11) is 0. The second-order valence-corrected chi connectivity index (χ2v) is 4.39. The van der Waals surface area contributed by atoms with E-state index < -0.39 is 11.7 Å². The van der Waals surface area contributed by atoms with E-state index in [4.69, 9.17) is 9.84 Å². The van der Waals surface area contributed by atoms with Gasteiger partial charge in [0, 0.05) is 0 Å². The third kappa shape index (κ3) is 1.79. The van der Waals surface area contributed by atoms with E-state index >= 15 is 0 Å². The number of rotatable bonds is 1. The monoisotopic (exact) mass is 174 g/mol. The predicted molar refractivity (Wildman–Crippen MR) is 45.9 cm³/mol. The van der Waals surface area contributed by atoms with Crippen LogP contribution in [0.15, 0.2) is 0 Å². The third-order valence-corrected chi connectivity index (χ3v) is 2.55. The molecule has 0 unspecified atom stereocenters. The zero-order valence-corrected chi connectivity index (χ0v) is 8.00. The highest BCUT2D eigenvalue weighted by atomic mass is 16.5. The highest BCUT2D eigenvalue weighted by Gasteiger charge is 2.43. The SMILES string of the molecule is CC1(C)CC[C@@H](O)[C@](C)(CO)O1. The summed E-state index contributed by atoms with van der Waals surface area (Å²) >= 11 is 0. The van der Waals surface area contributed by atoms with Gasteiger partial charge in [-0.25, -0.2) is 0 Å². The maximum Gasteiger partial charge on any atom is 0.115 e. The van der Waals surface area contributed by atoms with Crippen LogP contribution in [0, 0.1) is 0 Å². The highest BCUT2D eigenvalue weighted by Crippen LogP contribution is 2.34. The van der Waals surface area contributed by atoms with Crippen LogP contribution in [0.25, 0.3) is 0 Å². The van der Waals surface area contributed by atoms with Crippen LogP contribution in [-0.4, -0.2) is 34.1 Å². The summed E-state index contributed by atoms with van der Waals surface area (Å²) < 4.78 is 5.62. The molecule has 1 heterocycles. The molecule has 0 amide bonds. The molecule has 0 aromatic heterocycles. The van der Waals surface area contributed by atoms with Crippen molar-refractivity contribution >= 4 is 0 Å². The minimum Gasteiger partial charge on any atom is -0.393 e. The lowest BCUT2D eigenvalue weighted by Crippen LogP contribution is -2.54. The summed E-state index contributed by atoms with van der Waals surface area (Å²) in [6.07, 6.45) is 0.990. The van der Waals surface area contributed by atoms with Crippen LogP contribution in [0.4, 0.5) is 0 Å². The van der Waals surface area contributed by atoms with E-state index in [2.05, 4.69) is 0 Å². The number of aliphatic hydroxyl groups is 2. The van der Waals surface area contributed by atoms with Gasteiger partial charge in [-0.15, -0.1) is 0 Å². The zero-order valence-electron chi connectivity index (χ0n) is 8.00. The van der Waals surface area contributed by atoms with Crippen molar-refractivity contribution in [1.82, 2.24) is 0 Å². The topological polar surface area (TPSA) is 49.7 Å². The molecule has 1 fully saturated rings. The van der Waals surface area contributed by atoms with Gasteiger partial charge >= 0.3 is 0 Å². The summed E-state index contributed by atoms with van der Waals surface area (Å²) in [5.41, 5.74) is -1.00. The molecule has 0 aromatic carbocycles. The van der Waals surface area contributed by atoms with Gasteiger partial charge in [0.05, 0.1) is 18.3 Å². The van der Waals surface area contributed by atoms with Crippen LogP contribution in [0.3, 0.4) is 0 Å². The quantitative estimate of drug-likeness (QED) is 0.615. The summed E-state index contributed by atoms with van der Waals surface area (Å²) in [6, 6.07) is 0. The van der Waals surface area contributed by atoms with E-state index in [0.717, 1.165) is 6.42 Å². The first-order chi connectivity index (χ1) is 5.40. The fraction of sp³-hybridized carbons (Fsp3) is 1.00. The Balaban J connectivity index is 2.72. The first kappa shape index (κ1) is 9.96. The molecular weight excluding hydrogens is 156 g/mol. The molecule has 1 aliphatic heterocycles. The van der Waals surface area contributed by atoms with Crippen LogP contribution < -0.4 is 0 Å². The second-order valence-electron chi connectivity index (χ2n) is 4.39. The molecule has 0 saturated carbocycles. The summed E-state index contributed by atoms with van der Waals surface area (Å²) in [6.45, 7) is 5.58. The zero-order chi connectivity index (χ0) is 9.41. The van der Waals surface area contributed by atoms with Crippen molar-refractivity contribution in [3.8, 4) is 0 Å². The van der Waals surface area contributed by atoms with Gasteiger partial charge in [-0.3, -0.25) is 0 Å². The molecule has 0 aromatic rings. The first-order valence-electron chi connectivity index (χ1n) is 4.39. The van der Waals surface area contributed by atoms with Crippen molar-refractivity contribution in [2.45, 2.75) is 50.9 Å². The minimum atomic E-state index is -0.776. The average molecular weight is 174 g/mol. The maximum atomic E-state index is 9.58. The van der Waals surface area contributed by atoms with Gasteiger partial charge in [0.25, 0.3) is 0 Å². The number of hydrogen-bond donors (Lipinski definition) is 2. The van der Waals surface area contributed by atoms with Crippen LogP contribution in [0.1, 0.15) is 33.6 Å².